The van der Waals surface area contributed by atoms with E-state index in [-0.39, 0.29) is 18.8 Å². The molecule has 2 atom stereocenters. The minimum atomic E-state index is -0.920. The summed E-state index contributed by atoms with van der Waals surface area (Å²) < 4.78 is 0. The van der Waals surface area contributed by atoms with Gasteiger partial charge in [-0.1, -0.05) is 13.3 Å². The molecule has 0 aromatic heterocycles. The van der Waals surface area contributed by atoms with Crippen molar-refractivity contribution in [3.05, 3.63) is 0 Å². The molecule has 7 heteroatoms. The molecule has 0 aromatic rings. The Morgan fingerprint density at radius 3 is 2.37 bits per heavy atom. The summed E-state index contributed by atoms with van der Waals surface area (Å²) in [6.45, 7) is 2.40. The number of amides is 2. The second kappa shape index (κ2) is 9.32. The number of rotatable bonds is 10. The van der Waals surface area contributed by atoms with Gasteiger partial charge in [0, 0.05) is 13.0 Å². The molecule has 0 spiro atoms. The zero-order valence-electron chi connectivity index (χ0n) is 11.2. The van der Waals surface area contributed by atoms with Crippen LogP contribution in [0.5, 0.6) is 0 Å². The van der Waals surface area contributed by atoms with Gasteiger partial charge in [0.2, 0.25) is 11.8 Å². The van der Waals surface area contributed by atoms with Crippen molar-refractivity contribution in [2.24, 2.45) is 17.4 Å². The first kappa shape index (κ1) is 17.4. The van der Waals surface area contributed by atoms with E-state index >= 15 is 0 Å². The van der Waals surface area contributed by atoms with Gasteiger partial charge < -0.3 is 21.9 Å². The Hall–Kier alpha value is -1.63. The van der Waals surface area contributed by atoms with Gasteiger partial charge in [-0.05, 0) is 18.8 Å². The minimum absolute atomic E-state index is 0.133. The number of primary amides is 1. The van der Waals surface area contributed by atoms with Crippen LogP contribution in [0.25, 0.3) is 0 Å². The van der Waals surface area contributed by atoms with E-state index in [4.69, 9.17) is 16.6 Å². The quantitative estimate of drug-likeness (QED) is 0.429. The van der Waals surface area contributed by atoms with Gasteiger partial charge in [-0.15, -0.1) is 0 Å². The van der Waals surface area contributed by atoms with Gasteiger partial charge in [-0.25, -0.2) is 0 Å². The Morgan fingerprint density at radius 2 is 1.89 bits per heavy atom. The number of carboxylic acid groups (broad SMARTS) is 1. The van der Waals surface area contributed by atoms with Gasteiger partial charge in [0.1, 0.15) is 0 Å². The zero-order chi connectivity index (χ0) is 14.8. The van der Waals surface area contributed by atoms with Crippen LogP contribution < -0.4 is 16.8 Å². The van der Waals surface area contributed by atoms with Crippen molar-refractivity contribution >= 4 is 17.8 Å². The highest BCUT2D eigenvalue weighted by Crippen LogP contribution is 2.14. The molecule has 0 rings (SSSR count). The lowest BCUT2D eigenvalue weighted by atomic mass is 9.96. The van der Waals surface area contributed by atoms with E-state index in [1.807, 2.05) is 6.92 Å². The molecule has 7 nitrogen and oxygen atoms in total. The van der Waals surface area contributed by atoms with Crippen LogP contribution in [0, 0.1) is 5.92 Å². The van der Waals surface area contributed by atoms with Crippen LogP contribution in [0.4, 0.5) is 0 Å². The van der Waals surface area contributed by atoms with Crippen molar-refractivity contribution in [2.45, 2.75) is 45.1 Å². The van der Waals surface area contributed by atoms with Gasteiger partial charge in [0.25, 0.3) is 0 Å². The number of hydrogen-bond donors (Lipinski definition) is 4. The fraction of sp³-hybridized carbons (Fsp3) is 0.750. The lowest BCUT2D eigenvalue weighted by Gasteiger charge is -2.15. The molecular formula is C12H23N3O4. The van der Waals surface area contributed by atoms with Crippen LogP contribution in [0.15, 0.2) is 0 Å². The Balaban J connectivity index is 3.89. The van der Waals surface area contributed by atoms with E-state index < -0.39 is 23.8 Å². The molecule has 0 heterocycles. The van der Waals surface area contributed by atoms with Crippen LogP contribution in [-0.4, -0.2) is 35.5 Å². The van der Waals surface area contributed by atoms with E-state index in [2.05, 4.69) is 5.32 Å². The number of hydrogen-bond acceptors (Lipinski definition) is 4. The molecule has 110 valence electrons. The maximum atomic E-state index is 11.5. The number of aliphatic carboxylic acids is 1. The first-order valence-electron chi connectivity index (χ1n) is 6.40. The Labute approximate surface area is 112 Å². The summed E-state index contributed by atoms with van der Waals surface area (Å²) in [4.78, 5) is 32.5. The van der Waals surface area contributed by atoms with E-state index in [1.54, 1.807) is 0 Å². The highest BCUT2D eigenvalue weighted by Gasteiger charge is 2.16. The lowest BCUT2D eigenvalue weighted by molar-refractivity contribution is -0.137. The molecule has 19 heavy (non-hydrogen) atoms. The molecule has 0 aliphatic heterocycles. The molecule has 0 saturated carbocycles. The molecule has 0 fully saturated rings. The SMILES string of the molecule is CCC(CCNC(=O)C(N)CC(N)=O)CCC(=O)O. The molecule has 2 amide bonds. The Morgan fingerprint density at radius 1 is 1.26 bits per heavy atom. The van der Waals surface area contributed by atoms with Crippen molar-refractivity contribution in [2.75, 3.05) is 6.54 Å². The third kappa shape index (κ3) is 9.01. The molecule has 6 N–H and O–H groups in total. The predicted molar refractivity (Wildman–Crippen MR) is 70.1 cm³/mol. The fourth-order valence-electron chi connectivity index (χ4n) is 1.72. The number of carbonyl (C=O) groups excluding carboxylic acids is 2. The third-order valence-corrected chi connectivity index (χ3v) is 2.95. The van der Waals surface area contributed by atoms with E-state index in [0.29, 0.717) is 19.4 Å². The van der Waals surface area contributed by atoms with Crippen molar-refractivity contribution in [3.8, 4) is 0 Å². The summed E-state index contributed by atoms with van der Waals surface area (Å²) in [6.07, 6.45) is 2.10. The summed E-state index contributed by atoms with van der Waals surface area (Å²) in [5.41, 5.74) is 10.4. The normalized spacial score (nSPS) is 13.6. The summed E-state index contributed by atoms with van der Waals surface area (Å²) in [7, 11) is 0. The van der Waals surface area contributed by atoms with Crippen LogP contribution >= 0.6 is 0 Å². The second-order valence-corrected chi connectivity index (χ2v) is 4.56. The van der Waals surface area contributed by atoms with Crippen LogP contribution in [-0.2, 0) is 14.4 Å². The van der Waals surface area contributed by atoms with E-state index in [0.717, 1.165) is 6.42 Å². The second-order valence-electron chi connectivity index (χ2n) is 4.56. The van der Waals surface area contributed by atoms with Crippen LogP contribution in [0.2, 0.25) is 0 Å². The van der Waals surface area contributed by atoms with Gasteiger partial charge >= 0.3 is 5.97 Å². The predicted octanol–water partition coefficient (Wildman–Crippen LogP) is -0.414. The molecule has 0 aromatic carbocycles. The summed E-state index contributed by atoms with van der Waals surface area (Å²) >= 11 is 0. The Kier molecular flexibility index (Phi) is 8.52. The third-order valence-electron chi connectivity index (χ3n) is 2.95. The maximum Gasteiger partial charge on any atom is 0.303 e. The first-order chi connectivity index (χ1) is 8.86. The van der Waals surface area contributed by atoms with Crippen molar-refractivity contribution < 1.29 is 19.5 Å². The topological polar surface area (TPSA) is 136 Å². The number of nitrogens with one attached hydrogen (secondary N) is 1. The van der Waals surface area contributed by atoms with Crippen LogP contribution in [0.1, 0.15) is 39.0 Å². The standard InChI is InChI=1S/C12H23N3O4/c1-2-8(3-4-11(17)18)5-6-15-12(19)9(13)7-10(14)16/h8-9H,2-7,13H2,1H3,(H2,14,16)(H,15,19)(H,17,18). The molecular weight excluding hydrogens is 250 g/mol. The van der Waals surface area contributed by atoms with Crippen LogP contribution in [0.3, 0.4) is 0 Å². The van der Waals surface area contributed by atoms with Gasteiger partial charge in [0.15, 0.2) is 0 Å². The highest BCUT2D eigenvalue weighted by molar-refractivity contribution is 5.87. The van der Waals surface area contributed by atoms with Gasteiger partial charge in [-0.2, -0.15) is 0 Å². The van der Waals surface area contributed by atoms with Gasteiger partial charge in [-0.3, -0.25) is 14.4 Å². The maximum absolute atomic E-state index is 11.5. The first-order valence-corrected chi connectivity index (χ1v) is 6.40. The zero-order valence-corrected chi connectivity index (χ0v) is 11.2. The number of carboxylic acids is 1. The van der Waals surface area contributed by atoms with Crippen molar-refractivity contribution in [1.29, 1.82) is 0 Å². The van der Waals surface area contributed by atoms with E-state index in [1.165, 1.54) is 0 Å². The Bertz CT molecular complexity index is 320. The lowest BCUT2D eigenvalue weighted by Crippen LogP contribution is -2.43. The largest absolute Gasteiger partial charge is 0.481 e. The number of carbonyl (C=O) groups is 3. The van der Waals surface area contributed by atoms with Gasteiger partial charge in [0.05, 0.1) is 12.5 Å². The average molecular weight is 273 g/mol. The smallest absolute Gasteiger partial charge is 0.303 e. The molecule has 0 bridgehead atoms. The molecule has 2 unspecified atom stereocenters. The summed E-state index contributed by atoms with van der Waals surface area (Å²) in [6, 6.07) is -0.920. The van der Waals surface area contributed by atoms with E-state index in [9.17, 15) is 14.4 Å². The number of nitrogens with two attached hydrogens (primary N) is 2. The minimum Gasteiger partial charge on any atom is -0.481 e. The molecule has 0 radical (unpaired) electrons. The van der Waals surface area contributed by atoms with Crippen molar-refractivity contribution in [1.82, 2.24) is 5.32 Å². The fourth-order valence-corrected chi connectivity index (χ4v) is 1.72. The molecule has 0 aliphatic carbocycles. The monoisotopic (exact) mass is 273 g/mol. The molecule has 0 aliphatic rings. The summed E-state index contributed by atoms with van der Waals surface area (Å²) in [5.74, 6) is -1.59. The van der Waals surface area contributed by atoms with Crippen molar-refractivity contribution in [3.63, 3.8) is 0 Å². The molecule has 0 saturated heterocycles. The summed E-state index contributed by atoms with van der Waals surface area (Å²) in [5, 5.41) is 11.2. The average Bonchev–Trinajstić information content (AvgIpc) is 2.31. The highest BCUT2D eigenvalue weighted by atomic mass is 16.4.